The topological polar surface area (TPSA) is 0 Å². The minimum absolute atomic E-state index is 0.366. The molecule has 28 heavy (non-hydrogen) atoms. The first kappa shape index (κ1) is 21.0. The molecule has 158 valence electrons. The molecule has 3 fully saturated rings. The molecule has 7 atom stereocenters. The van der Waals surface area contributed by atoms with Crippen LogP contribution in [0.15, 0.2) is 23.3 Å². The predicted octanol–water partition coefficient (Wildman–Crippen LogP) is 8.56. The average molecular weight is 403 g/mol. The molecule has 0 radical (unpaired) electrons. The summed E-state index contributed by atoms with van der Waals surface area (Å²) in [6.07, 6.45) is 18.7. The Morgan fingerprint density at radius 3 is 2.50 bits per heavy atom. The zero-order valence-electron chi connectivity index (χ0n) is 19.1. The molecule has 4 aliphatic carbocycles. The first-order chi connectivity index (χ1) is 13.3. The molecule has 0 bridgehead atoms. The highest BCUT2D eigenvalue weighted by Crippen LogP contribution is 2.66. The Balaban J connectivity index is 1.53. The summed E-state index contributed by atoms with van der Waals surface area (Å²) in [6.45, 7) is 12.6. The molecule has 0 saturated heterocycles. The number of allylic oxidation sites excluding steroid dienone is 4. The van der Waals surface area contributed by atoms with Gasteiger partial charge in [-0.25, -0.2) is 0 Å². The van der Waals surface area contributed by atoms with E-state index in [0.717, 1.165) is 36.0 Å². The minimum Gasteiger partial charge on any atom is -0.123 e. The van der Waals surface area contributed by atoms with E-state index in [-0.39, 0.29) is 0 Å². The van der Waals surface area contributed by atoms with Crippen LogP contribution >= 0.6 is 11.6 Å². The van der Waals surface area contributed by atoms with Crippen LogP contribution in [0.25, 0.3) is 0 Å². The van der Waals surface area contributed by atoms with Crippen molar-refractivity contribution in [1.82, 2.24) is 0 Å². The standard InChI is InChI=1S/C27H43Cl/c1-18(2)7-6-8-19(3)23-11-12-24-22-10-9-20-17-21(28)13-15-26(20,4)25(22)14-16-27(23,24)5/h9-10,18-19,21,23-25H,6-8,11-17H2,1-5H3/t19-,21+,23-,24+,25-,26-,27-/m0/s1. The maximum Gasteiger partial charge on any atom is 0.0373 e. The first-order valence-electron chi connectivity index (χ1n) is 12.3. The summed E-state index contributed by atoms with van der Waals surface area (Å²) in [5, 5.41) is 0.366. The van der Waals surface area contributed by atoms with Crippen molar-refractivity contribution in [3.05, 3.63) is 23.3 Å². The Bertz CT molecular complexity index is 643. The molecule has 0 amide bonds. The van der Waals surface area contributed by atoms with Crippen molar-refractivity contribution in [1.29, 1.82) is 0 Å². The lowest BCUT2D eigenvalue weighted by Gasteiger charge is -2.55. The summed E-state index contributed by atoms with van der Waals surface area (Å²) >= 11 is 6.54. The fourth-order valence-electron chi connectivity index (χ4n) is 7.98. The third-order valence-corrected chi connectivity index (χ3v) is 10.1. The second kappa shape index (κ2) is 7.79. The smallest absolute Gasteiger partial charge is 0.0373 e. The molecular formula is C27H43Cl. The fourth-order valence-corrected chi connectivity index (χ4v) is 8.26. The Hall–Kier alpha value is -0.230. The summed E-state index contributed by atoms with van der Waals surface area (Å²) in [5.41, 5.74) is 4.44. The van der Waals surface area contributed by atoms with Crippen LogP contribution in [-0.4, -0.2) is 5.38 Å². The summed E-state index contributed by atoms with van der Waals surface area (Å²) in [4.78, 5) is 0. The summed E-state index contributed by atoms with van der Waals surface area (Å²) in [6, 6.07) is 0. The highest BCUT2D eigenvalue weighted by molar-refractivity contribution is 6.20. The number of hydrogen-bond donors (Lipinski definition) is 0. The van der Waals surface area contributed by atoms with Gasteiger partial charge in [-0.2, -0.15) is 0 Å². The van der Waals surface area contributed by atoms with Gasteiger partial charge >= 0.3 is 0 Å². The zero-order valence-corrected chi connectivity index (χ0v) is 19.8. The maximum atomic E-state index is 6.54. The molecule has 1 heteroatoms. The van der Waals surface area contributed by atoms with Crippen LogP contribution in [0.3, 0.4) is 0 Å². The molecule has 4 aliphatic rings. The molecule has 0 aromatic heterocycles. The summed E-state index contributed by atoms with van der Waals surface area (Å²) in [7, 11) is 0. The number of hydrogen-bond acceptors (Lipinski definition) is 0. The van der Waals surface area contributed by atoms with Gasteiger partial charge in [-0.05, 0) is 85.4 Å². The van der Waals surface area contributed by atoms with Gasteiger partial charge in [0.2, 0.25) is 0 Å². The van der Waals surface area contributed by atoms with Crippen LogP contribution < -0.4 is 0 Å². The third kappa shape index (κ3) is 3.44. The van der Waals surface area contributed by atoms with E-state index in [1.807, 2.05) is 5.57 Å². The molecule has 0 heterocycles. The van der Waals surface area contributed by atoms with Gasteiger partial charge in [0.15, 0.2) is 0 Å². The molecule has 0 aromatic rings. The Morgan fingerprint density at radius 1 is 0.964 bits per heavy atom. The second-order valence-corrected chi connectivity index (χ2v) is 12.4. The molecular weight excluding hydrogens is 360 g/mol. The number of rotatable bonds is 5. The molecule has 4 rings (SSSR count). The Kier molecular flexibility index (Phi) is 5.85. The normalized spacial score (nSPS) is 43.7. The average Bonchev–Trinajstić information content (AvgIpc) is 2.99. The van der Waals surface area contributed by atoms with Gasteiger partial charge in [0.05, 0.1) is 0 Å². The number of alkyl halides is 1. The van der Waals surface area contributed by atoms with E-state index in [1.54, 1.807) is 5.57 Å². The van der Waals surface area contributed by atoms with E-state index in [1.165, 1.54) is 57.8 Å². The van der Waals surface area contributed by atoms with Crippen molar-refractivity contribution >= 4 is 11.6 Å². The second-order valence-electron chi connectivity index (χ2n) is 11.8. The van der Waals surface area contributed by atoms with Gasteiger partial charge in [0.1, 0.15) is 0 Å². The van der Waals surface area contributed by atoms with Crippen LogP contribution in [-0.2, 0) is 0 Å². The summed E-state index contributed by atoms with van der Waals surface area (Å²) < 4.78 is 0. The minimum atomic E-state index is 0.366. The van der Waals surface area contributed by atoms with Crippen LogP contribution in [0.4, 0.5) is 0 Å². The Morgan fingerprint density at radius 2 is 1.75 bits per heavy atom. The quantitative estimate of drug-likeness (QED) is 0.404. The van der Waals surface area contributed by atoms with Gasteiger partial charge in [-0.15, -0.1) is 11.6 Å². The van der Waals surface area contributed by atoms with Crippen molar-refractivity contribution in [3.63, 3.8) is 0 Å². The molecule has 0 aliphatic heterocycles. The summed E-state index contributed by atoms with van der Waals surface area (Å²) in [5.74, 6) is 4.31. The van der Waals surface area contributed by atoms with Gasteiger partial charge in [0.25, 0.3) is 0 Å². The molecule has 3 saturated carbocycles. The van der Waals surface area contributed by atoms with Crippen LogP contribution in [0.5, 0.6) is 0 Å². The monoisotopic (exact) mass is 402 g/mol. The predicted molar refractivity (Wildman–Crippen MR) is 123 cm³/mol. The van der Waals surface area contributed by atoms with Gasteiger partial charge < -0.3 is 0 Å². The third-order valence-electron chi connectivity index (χ3n) is 9.71. The number of halogens is 1. The van der Waals surface area contributed by atoms with E-state index in [4.69, 9.17) is 11.6 Å². The van der Waals surface area contributed by atoms with E-state index in [2.05, 4.69) is 46.8 Å². The van der Waals surface area contributed by atoms with Gasteiger partial charge in [-0.3, -0.25) is 0 Å². The van der Waals surface area contributed by atoms with E-state index in [9.17, 15) is 0 Å². The van der Waals surface area contributed by atoms with Crippen molar-refractivity contribution in [2.24, 2.45) is 40.4 Å². The molecule has 0 spiro atoms. The fraction of sp³-hybridized carbons (Fsp3) is 0.852. The lowest BCUT2D eigenvalue weighted by Crippen LogP contribution is -2.46. The highest BCUT2D eigenvalue weighted by Gasteiger charge is 2.56. The largest absolute Gasteiger partial charge is 0.123 e. The van der Waals surface area contributed by atoms with Crippen LogP contribution in [0.1, 0.15) is 98.8 Å². The zero-order chi connectivity index (χ0) is 20.1. The lowest BCUT2D eigenvalue weighted by molar-refractivity contribution is 0.0479. The Labute approximate surface area is 179 Å². The molecule has 0 N–H and O–H groups in total. The molecule has 0 nitrogen and oxygen atoms in total. The van der Waals surface area contributed by atoms with Gasteiger partial charge in [-0.1, -0.05) is 77.2 Å². The first-order valence-corrected chi connectivity index (χ1v) is 12.7. The van der Waals surface area contributed by atoms with Crippen molar-refractivity contribution < 1.29 is 0 Å². The maximum absolute atomic E-state index is 6.54. The molecule has 0 aromatic carbocycles. The van der Waals surface area contributed by atoms with Crippen molar-refractivity contribution in [2.45, 2.75) is 104 Å². The van der Waals surface area contributed by atoms with Gasteiger partial charge in [0, 0.05) is 5.38 Å². The van der Waals surface area contributed by atoms with Crippen molar-refractivity contribution in [3.8, 4) is 0 Å². The van der Waals surface area contributed by atoms with E-state index < -0.39 is 0 Å². The SMILES string of the molecule is CC(C)CCC[C@H](C)[C@@H]1CC[C@@H]2C3=CC=C4C[C@H](Cl)CC[C@]4(C)[C@H]3CC[C@]21C. The van der Waals surface area contributed by atoms with E-state index >= 15 is 0 Å². The van der Waals surface area contributed by atoms with E-state index in [0.29, 0.717) is 16.2 Å². The highest BCUT2D eigenvalue weighted by atomic mass is 35.5. The lowest BCUT2D eigenvalue weighted by atomic mass is 9.50. The van der Waals surface area contributed by atoms with Crippen LogP contribution in [0.2, 0.25) is 0 Å². The van der Waals surface area contributed by atoms with Crippen molar-refractivity contribution in [2.75, 3.05) is 0 Å². The van der Waals surface area contributed by atoms with Crippen LogP contribution in [0, 0.1) is 40.4 Å². The molecule has 0 unspecified atom stereocenters. The number of fused-ring (bicyclic) bond motifs is 5.